The normalized spacial score (nSPS) is 14.0. The molecule has 4 nitrogen and oxygen atoms in total. The minimum absolute atomic E-state index is 0.0552. The zero-order valence-corrected chi connectivity index (χ0v) is 10.7. The van der Waals surface area contributed by atoms with Crippen molar-refractivity contribution < 1.29 is 4.74 Å². The Morgan fingerprint density at radius 1 is 1.56 bits per heavy atom. The molecule has 0 amide bonds. The summed E-state index contributed by atoms with van der Waals surface area (Å²) in [6.45, 7) is 7.37. The van der Waals surface area contributed by atoms with Gasteiger partial charge in [-0.25, -0.2) is 4.98 Å². The Morgan fingerprint density at radius 3 is 2.88 bits per heavy atom. The summed E-state index contributed by atoms with van der Waals surface area (Å²) >= 11 is 0. The number of imidazole rings is 1. The quantitative estimate of drug-likeness (QED) is 0.743. The van der Waals surface area contributed by atoms with E-state index in [1.54, 1.807) is 13.4 Å². The molecular weight excluding hydrogens is 202 g/mol. The third kappa shape index (κ3) is 4.77. The number of hydrogen-bond acceptors (Lipinski definition) is 3. The van der Waals surface area contributed by atoms with Crippen molar-refractivity contribution in [3.05, 3.63) is 18.2 Å². The van der Waals surface area contributed by atoms with E-state index in [1.807, 2.05) is 6.20 Å². The molecule has 0 aliphatic heterocycles. The summed E-state index contributed by atoms with van der Waals surface area (Å²) in [5, 5.41) is 3.48. The first-order valence-corrected chi connectivity index (χ1v) is 5.79. The molecule has 0 bridgehead atoms. The van der Waals surface area contributed by atoms with Crippen LogP contribution in [0.15, 0.2) is 12.5 Å². The topological polar surface area (TPSA) is 49.9 Å². The van der Waals surface area contributed by atoms with Crippen LogP contribution in [0.25, 0.3) is 0 Å². The molecular formula is C12H23N3O. The Balaban J connectivity index is 2.18. The highest BCUT2D eigenvalue weighted by molar-refractivity contribution is 4.94. The Hall–Kier alpha value is -0.870. The van der Waals surface area contributed by atoms with Crippen LogP contribution in [0.3, 0.4) is 0 Å². The number of rotatable bonds is 7. The van der Waals surface area contributed by atoms with Crippen molar-refractivity contribution in [2.24, 2.45) is 0 Å². The van der Waals surface area contributed by atoms with Crippen molar-refractivity contribution in [2.45, 2.75) is 45.3 Å². The molecule has 0 spiro atoms. The Kier molecular flexibility index (Phi) is 4.96. The molecule has 1 rings (SSSR count). The fourth-order valence-corrected chi connectivity index (χ4v) is 1.77. The first-order chi connectivity index (χ1) is 7.53. The molecule has 92 valence electrons. The van der Waals surface area contributed by atoms with Gasteiger partial charge in [-0.2, -0.15) is 0 Å². The van der Waals surface area contributed by atoms with Crippen LogP contribution in [-0.2, 0) is 11.2 Å². The lowest BCUT2D eigenvalue weighted by Gasteiger charge is -2.27. The van der Waals surface area contributed by atoms with Crippen LogP contribution in [0.4, 0.5) is 0 Å². The minimum atomic E-state index is -0.0552. The van der Waals surface area contributed by atoms with Crippen molar-refractivity contribution in [3.63, 3.8) is 0 Å². The third-order valence-corrected chi connectivity index (χ3v) is 2.79. The lowest BCUT2D eigenvalue weighted by molar-refractivity contribution is 0.00865. The van der Waals surface area contributed by atoms with Crippen LogP contribution in [-0.4, -0.2) is 35.3 Å². The smallest absolute Gasteiger partial charge is 0.0921 e. The van der Waals surface area contributed by atoms with Crippen molar-refractivity contribution in [1.82, 2.24) is 15.3 Å². The number of nitrogens with one attached hydrogen (secondary N) is 2. The molecule has 1 unspecified atom stereocenters. The maximum Gasteiger partial charge on any atom is 0.0921 e. The predicted octanol–water partition coefficient (Wildman–Crippen LogP) is 1.75. The van der Waals surface area contributed by atoms with E-state index in [-0.39, 0.29) is 5.60 Å². The molecule has 0 aromatic carbocycles. The molecule has 0 aliphatic carbocycles. The van der Waals surface area contributed by atoms with E-state index in [4.69, 9.17) is 4.74 Å². The van der Waals surface area contributed by atoms with E-state index in [1.165, 1.54) is 5.69 Å². The van der Waals surface area contributed by atoms with Crippen LogP contribution in [0.5, 0.6) is 0 Å². The van der Waals surface area contributed by atoms with Gasteiger partial charge in [0.15, 0.2) is 0 Å². The first kappa shape index (κ1) is 13.2. The molecule has 0 saturated heterocycles. The van der Waals surface area contributed by atoms with Crippen molar-refractivity contribution in [2.75, 3.05) is 13.7 Å². The molecule has 1 aromatic heterocycles. The summed E-state index contributed by atoms with van der Waals surface area (Å²) in [5.74, 6) is 0. The van der Waals surface area contributed by atoms with Crippen LogP contribution in [0.1, 0.15) is 32.9 Å². The van der Waals surface area contributed by atoms with Crippen LogP contribution in [0, 0.1) is 0 Å². The fourth-order valence-electron chi connectivity index (χ4n) is 1.77. The SMILES string of the molecule is COC(C)(C)CC(C)NCCc1cnc[nH]1. The molecule has 0 radical (unpaired) electrons. The van der Waals surface area contributed by atoms with Crippen LogP contribution >= 0.6 is 0 Å². The molecule has 2 N–H and O–H groups in total. The summed E-state index contributed by atoms with van der Waals surface area (Å²) in [5.41, 5.74) is 1.12. The van der Waals surface area contributed by atoms with Gasteiger partial charge in [-0.05, 0) is 27.2 Å². The highest BCUT2D eigenvalue weighted by Crippen LogP contribution is 2.15. The average molecular weight is 225 g/mol. The minimum Gasteiger partial charge on any atom is -0.379 e. The van der Waals surface area contributed by atoms with Gasteiger partial charge in [-0.15, -0.1) is 0 Å². The summed E-state index contributed by atoms with van der Waals surface area (Å²) in [4.78, 5) is 7.08. The fraction of sp³-hybridized carbons (Fsp3) is 0.750. The van der Waals surface area contributed by atoms with Gasteiger partial charge < -0.3 is 15.0 Å². The molecule has 1 aromatic rings. The zero-order chi connectivity index (χ0) is 12.0. The lowest BCUT2D eigenvalue weighted by Crippen LogP contribution is -2.36. The van der Waals surface area contributed by atoms with E-state index >= 15 is 0 Å². The number of H-pyrrole nitrogens is 1. The summed E-state index contributed by atoms with van der Waals surface area (Å²) in [6, 6.07) is 0.456. The summed E-state index contributed by atoms with van der Waals surface area (Å²) < 4.78 is 5.40. The maximum absolute atomic E-state index is 5.40. The zero-order valence-electron chi connectivity index (χ0n) is 10.7. The van der Waals surface area contributed by atoms with E-state index in [2.05, 4.69) is 36.1 Å². The average Bonchev–Trinajstić information content (AvgIpc) is 2.70. The second-order valence-corrected chi connectivity index (χ2v) is 4.85. The van der Waals surface area contributed by atoms with Gasteiger partial charge in [0.2, 0.25) is 0 Å². The van der Waals surface area contributed by atoms with Gasteiger partial charge in [-0.1, -0.05) is 0 Å². The second kappa shape index (κ2) is 6.01. The summed E-state index contributed by atoms with van der Waals surface area (Å²) in [7, 11) is 1.76. The maximum atomic E-state index is 5.40. The largest absolute Gasteiger partial charge is 0.379 e. The predicted molar refractivity (Wildman–Crippen MR) is 65.5 cm³/mol. The van der Waals surface area contributed by atoms with Gasteiger partial charge in [0, 0.05) is 38.0 Å². The van der Waals surface area contributed by atoms with E-state index in [0.717, 1.165) is 19.4 Å². The summed E-state index contributed by atoms with van der Waals surface area (Å²) in [6.07, 6.45) is 5.57. The second-order valence-electron chi connectivity index (χ2n) is 4.85. The first-order valence-electron chi connectivity index (χ1n) is 5.79. The molecule has 16 heavy (non-hydrogen) atoms. The number of aromatic nitrogens is 2. The number of hydrogen-bond donors (Lipinski definition) is 2. The number of ether oxygens (including phenoxy) is 1. The van der Waals surface area contributed by atoms with Gasteiger partial charge in [0.25, 0.3) is 0 Å². The molecule has 0 aliphatic rings. The van der Waals surface area contributed by atoms with Gasteiger partial charge in [0.1, 0.15) is 0 Å². The van der Waals surface area contributed by atoms with Crippen molar-refractivity contribution >= 4 is 0 Å². The van der Waals surface area contributed by atoms with Gasteiger partial charge >= 0.3 is 0 Å². The Morgan fingerprint density at radius 2 is 2.31 bits per heavy atom. The third-order valence-electron chi connectivity index (χ3n) is 2.79. The molecule has 0 fully saturated rings. The molecule has 1 atom stereocenters. The van der Waals surface area contributed by atoms with E-state index in [0.29, 0.717) is 6.04 Å². The molecule has 4 heteroatoms. The highest BCUT2D eigenvalue weighted by Gasteiger charge is 2.19. The van der Waals surface area contributed by atoms with E-state index < -0.39 is 0 Å². The molecule has 0 saturated carbocycles. The number of aromatic amines is 1. The van der Waals surface area contributed by atoms with Gasteiger partial charge in [0.05, 0.1) is 11.9 Å². The Labute approximate surface area is 97.8 Å². The Bertz CT molecular complexity index is 282. The molecule has 1 heterocycles. The van der Waals surface area contributed by atoms with E-state index in [9.17, 15) is 0 Å². The van der Waals surface area contributed by atoms with Gasteiger partial charge in [-0.3, -0.25) is 0 Å². The number of methoxy groups -OCH3 is 1. The highest BCUT2D eigenvalue weighted by atomic mass is 16.5. The lowest BCUT2D eigenvalue weighted by atomic mass is 10.00. The number of nitrogens with zero attached hydrogens (tertiary/aromatic N) is 1. The monoisotopic (exact) mass is 225 g/mol. The standard InChI is InChI=1S/C12H23N3O/c1-10(7-12(2,3)16-4)14-6-5-11-8-13-9-15-11/h8-10,14H,5-7H2,1-4H3,(H,13,15). The van der Waals surface area contributed by atoms with Crippen LogP contribution in [0.2, 0.25) is 0 Å². The van der Waals surface area contributed by atoms with Crippen LogP contribution < -0.4 is 5.32 Å². The van der Waals surface area contributed by atoms with Crippen molar-refractivity contribution in [3.8, 4) is 0 Å². The van der Waals surface area contributed by atoms with Crippen molar-refractivity contribution in [1.29, 1.82) is 0 Å².